The van der Waals surface area contributed by atoms with Crippen molar-refractivity contribution in [2.45, 2.75) is 39.7 Å². The van der Waals surface area contributed by atoms with Crippen LogP contribution >= 0.6 is 0 Å². The predicted molar refractivity (Wildman–Crippen MR) is 82.6 cm³/mol. The summed E-state index contributed by atoms with van der Waals surface area (Å²) in [5.74, 6) is 0.914. The quantitative estimate of drug-likeness (QED) is 0.874. The largest absolute Gasteiger partial charge is 0.312 e. The van der Waals surface area contributed by atoms with E-state index in [4.69, 9.17) is 0 Å². The first-order valence-electron chi connectivity index (χ1n) is 7.60. The summed E-state index contributed by atoms with van der Waals surface area (Å²) in [6.45, 7) is 10.4. The second-order valence-electron chi connectivity index (χ2n) is 6.01. The first-order chi connectivity index (χ1) is 9.13. The molecule has 0 bridgehead atoms. The Balaban J connectivity index is 2.01. The Morgan fingerprint density at radius 3 is 2.68 bits per heavy atom. The Kier molecular flexibility index (Phi) is 5.00. The molecule has 2 heteroatoms. The van der Waals surface area contributed by atoms with Crippen LogP contribution in [0.15, 0.2) is 18.2 Å². The molecule has 0 saturated carbocycles. The molecule has 2 nitrogen and oxygen atoms in total. The van der Waals surface area contributed by atoms with E-state index in [2.05, 4.69) is 56.2 Å². The molecule has 1 N–H and O–H groups in total. The van der Waals surface area contributed by atoms with E-state index in [-0.39, 0.29) is 0 Å². The molecule has 0 aromatic heterocycles. The van der Waals surface area contributed by atoms with Gasteiger partial charge < -0.3 is 10.2 Å². The standard InChI is InChI=1S/C17H28N2/c1-5-15-8-9-19(11-15)12-17(18-4)16-7-6-13(2)14(3)10-16/h6-7,10,15,17-18H,5,8-9,11-12H2,1-4H3. The van der Waals surface area contributed by atoms with Crippen LogP contribution in [0.3, 0.4) is 0 Å². The number of benzene rings is 1. The number of likely N-dealkylation sites (tertiary alicyclic amines) is 1. The summed E-state index contributed by atoms with van der Waals surface area (Å²) in [6, 6.07) is 7.31. The van der Waals surface area contributed by atoms with Gasteiger partial charge in [-0.1, -0.05) is 31.5 Å². The van der Waals surface area contributed by atoms with Crippen LogP contribution in [0.4, 0.5) is 0 Å². The van der Waals surface area contributed by atoms with Gasteiger partial charge in [0.25, 0.3) is 0 Å². The third-order valence-corrected chi connectivity index (χ3v) is 4.67. The molecule has 1 saturated heterocycles. The minimum atomic E-state index is 0.454. The normalized spacial score (nSPS) is 21.8. The molecular formula is C17H28N2. The molecule has 1 aromatic carbocycles. The van der Waals surface area contributed by atoms with Crippen LogP contribution in [-0.2, 0) is 0 Å². The molecule has 2 unspecified atom stereocenters. The van der Waals surface area contributed by atoms with Crippen molar-refractivity contribution >= 4 is 0 Å². The lowest BCUT2D eigenvalue weighted by molar-refractivity contribution is 0.287. The number of rotatable bonds is 5. The van der Waals surface area contributed by atoms with Crippen molar-refractivity contribution in [2.24, 2.45) is 5.92 Å². The highest BCUT2D eigenvalue weighted by atomic mass is 15.2. The zero-order valence-corrected chi connectivity index (χ0v) is 12.9. The van der Waals surface area contributed by atoms with Crippen LogP contribution in [0.1, 0.15) is 42.5 Å². The molecular weight excluding hydrogens is 232 g/mol. The summed E-state index contributed by atoms with van der Waals surface area (Å²) in [5.41, 5.74) is 4.20. The van der Waals surface area contributed by atoms with E-state index in [9.17, 15) is 0 Å². The SMILES string of the molecule is CCC1CCN(CC(NC)c2ccc(C)c(C)c2)C1. The smallest absolute Gasteiger partial charge is 0.0446 e. The van der Waals surface area contributed by atoms with Gasteiger partial charge in [-0.2, -0.15) is 0 Å². The Labute approximate surface area is 118 Å². The number of likely N-dealkylation sites (N-methyl/N-ethyl adjacent to an activating group) is 1. The van der Waals surface area contributed by atoms with Gasteiger partial charge in [0.05, 0.1) is 0 Å². The van der Waals surface area contributed by atoms with Gasteiger partial charge in [0.1, 0.15) is 0 Å². The van der Waals surface area contributed by atoms with Gasteiger partial charge in [0.15, 0.2) is 0 Å². The molecule has 106 valence electrons. The minimum Gasteiger partial charge on any atom is -0.312 e. The summed E-state index contributed by atoms with van der Waals surface area (Å²) >= 11 is 0. The van der Waals surface area contributed by atoms with Crippen molar-refractivity contribution in [1.29, 1.82) is 0 Å². The summed E-state index contributed by atoms with van der Waals surface area (Å²) < 4.78 is 0. The molecule has 1 aliphatic rings. The van der Waals surface area contributed by atoms with Gasteiger partial charge in [-0.25, -0.2) is 0 Å². The van der Waals surface area contributed by atoms with E-state index in [0.29, 0.717) is 6.04 Å². The van der Waals surface area contributed by atoms with Crippen LogP contribution in [0.5, 0.6) is 0 Å². The summed E-state index contributed by atoms with van der Waals surface area (Å²) in [4.78, 5) is 2.62. The van der Waals surface area contributed by atoms with Crippen LogP contribution in [0.25, 0.3) is 0 Å². The lowest BCUT2D eigenvalue weighted by Crippen LogP contribution is -2.32. The number of hydrogen-bond acceptors (Lipinski definition) is 2. The molecule has 19 heavy (non-hydrogen) atoms. The molecule has 0 spiro atoms. The lowest BCUT2D eigenvalue weighted by atomic mass is 10.0. The third-order valence-electron chi connectivity index (χ3n) is 4.67. The molecule has 1 aromatic rings. The van der Waals surface area contributed by atoms with E-state index in [1.54, 1.807) is 0 Å². The van der Waals surface area contributed by atoms with Crippen molar-refractivity contribution in [3.63, 3.8) is 0 Å². The Bertz CT molecular complexity index is 414. The number of hydrogen-bond donors (Lipinski definition) is 1. The molecule has 1 fully saturated rings. The highest BCUT2D eigenvalue weighted by Crippen LogP contribution is 2.23. The summed E-state index contributed by atoms with van der Waals surface area (Å²) in [6.07, 6.45) is 2.70. The second kappa shape index (κ2) is 6.53. The molecule has 0 radical (unpaired) electrons. The lowest BCUT2D eigenvalue weighted by Gasteiger charge is -2.24. The fourth-order valence-corrected chi connectivity index (χ4v) is 3.01. The van der Waals surface area contributed by atoms with E-state index in [1.807, 2.05) is 0 Å². The zero-order valence-electron chi connectivity index (χ0n) is 12.9. The first kappa shape index (κ1) is 14.5. The van der Waals surface area contributed by atoms with Gasteiger partial charge in [-0.3, -0.25) is 0 Å². The molecule has 0 amide bonds. The fourth-order valence-electron chi connectivity index (χ4n) is 3.01. The van der Waals surface area contributed by atoms with Crippen molar-refractivity contribution in [1.82, 2.24) is 10.2 Å². The van der Waals surface area contributed by atoms with E-state index in [1.165, 1.54) is 42.6 Å². The zero-order chi connectivity index (χ0) is 13.8. The number of nitrogens with one attached hydrogen (secondary N) is 1. The van der Waals surface area contributed by atoms with Gasteiger partial charge in [-0.05, 0) is 56.5 Å². The van der Waals surface area contributed by atoms with Crippen LogP contribution in [-0.4, -0.2) is 31.6 Å². The molecule has 2 rings (SSSR count). The molecule has 1 heterocycles. The second-order valence-corrected chi connectivity index (χ2v) is 6.01. The van der Waals surface area contributed by atoms with E-state index < -0.39 is 0 Å². The fraction of sp³-hybridized carbons (Fsp3) is 0.647. The Morgan fingerprint density at radius 1 is 1.32 bits per heavy atom. The maximum atomic E-state index is 3.48. The average Bonchev–Trinajstić information content (AvgIpc) is 2.87. The van der Waals surface area contributed by atoms with Crippen molar-refractivity contribution in [3.8, 4) is 0 Å². The maximum absolute atomic E-state index is 3.48. The van der Waals surface area contributed by atoms with Gasteiger partial charge in [0.2, 0.25) is 0 Å². The minimum absolute atomic E-state index is 0.454. The maximum Gasteiger partial charge on any atom is 0.0446 e. The van der Waals surface area contributed by atoms with Gasteiger partial charge in [-0.15, -0.1) is 0 Å². The van der Waals surface area contributed by atoms with Crippen molar-refractivity contribution < 1.29 is 0 Å². The highest BCUT2D eigenvalue weighted by Gasteiger charge is 2.23. The van der Waals surface area contributed by atoms with Crippen molar-refractivity contribution in [2.75, 3.05) is 26.7 Å². The Morgan fingerprint density at radius 2 is 2.11 bits per heavy atom. The van der Waals surface area contributed by atoms with Gasteiger partial charge in [0, 0.05) is 19.1 Å². The Hall–Kier alpha value is -0.860. The number of aryl methyl sites for hydroxylation is 2. The molecule has 1 aliphatic heterocycles. The molecule has 2 atom stereocenters. The first-order valence-corrected chi connectivity index (χ1v) is 7.60. The van der Waals surface area contributed by atoms with Crippen LogP contribution in [0.2, 0.25) is 0 Å². The van der Waals surface area contributed by atoms with Crippen LogP contribution < -0.4 is 5.32 Å². The van der Waals surface area contributed by atoms with Crippen LogP contribution in [0, 0.1) is 19.8 Å². The number of nitrogens with zero attached hydrogens (tertiary/aromatic N) is 1. The van der Waals surface area contributed by atoms with Crippen molar-refractivity contribution in [3.05, 3.63) is 34.9 Å². The van der Waals surface area contributed by atoms with Gasteiger partial charge >= 0.3 is 0 Å². The third kappa shape index (κ3) is 3.58. The van der Waals surface area contributed by atoms with E-state index >= 15 is 0 Å². The van der Waals surface area contributed by atoms with E-state index in [0.717, 1.165) is 12.5 Å². The average molecular weight is 260 g/mol. The summed E-state index contributed by atoms with van der Waals surface area (Å²) in [5, 5.41) is 3.48. The monoisotopic (exact) mass is 260 g/mol. The topological polar surface area (TPSA) is 15.3 Å². The highest BCUT2D eigenvalue weighted by molar-refractivity contribution is 5.31. The molecule has 0 aliphatic carbocycles. The predicted octanol–water partition coefficient (Wildman–Crippen LogP) is 3.30. The summed E-state index contributed by atoms with van der Waals surface area (Å²) in [7, 11) is 2.08.